The zero-order chi connectivity index (χ0) is 33.6. The minimum atomic E-state index is -1.61. The fourth-order valence-electron chi connectivity index (χ4n) is 6.86. The van der Waals surface area contributed by atoms with Gasteiger partial charge in [-0.05, 0) is 32.4 Å². The second-order valence-corrected chi connectivity index (χ2v) is 12.2. The number of phenolic OH excluding ortho intramolecular Hbond substituents is 1. The molecule has 4 aromatic carbocycles. The minimum Gasteiger partial charge on any atom is -0.507 e. The molecule has 2 fully saturated rings. The number of rotatable bonds is 5. The van der Waals surface area contributed by atoms with Crippen molar-refractivity contribution in [2.24, 2.45) is 0 Å². The normalized spacial score (nSPS) is 31.7. The third-order valence-corrected chi connectivity index (χ3v) is 9.38. The third-order valence-electron chi connectivity index (χ3n) is 9.38. The summed E-state index contributed by atoms with van der Waals surface area (Å²) in [5, 5.41) is 63.6. The first kappa shape index (κ1) is 31.6. The summed E-state index contributed by atoms with van der Waals surface area (Å²) in [5.41, 5.74) is -0.907. The fourth-order valence-corrected chi connectivity index (χ4v) is 6.86. The lowest BCUT2D eigenvalue weighted by Crippen LogP contribution is -2.64. The van der Waals surface area contributed by atoms with Crippen molar-refractivity contribution in [3.63, 3.8) is 0 Å². The molecule has 0 saturated carbocycles. The molecular weight excluding hydrogens is 618 g/mol. The number of aliphatic hydroxyl groups is 4. The molecule has 0 radical (unpaired) electrons. The number of ether oxygens (including phenoxy) is 5. The lowest BCUT2D eigenvalue weighted by Gasteiger charge is -2.46. The summed E-state index contributed by atoms with van der Waals surface area (Å²) in [4.78, 5) is 26.7. The van der Waals surface area contributed by atoms with E-state index in [1.54, 1.807) is 19.9 Å². The van der Waals surface area contributed by atoms with Gasteiger partial charge in [-0.3, -0.25) is 10.2 Å². The summed E-state index contributed by atoms with van der Waals surface area (Å²) in [6, 6.07) is 7.64. The number of fused-ring (bicyclic) bond motifs is 2. The van der Waals surface area contributed by atoms with Gasteiger partial charge in [0.2, 0.25) is 11.7 Å². The van der Waals surface area contributed by atoms with E-state index in [2.05, 4.69) is 0 Å². The molecule has 2 aliphatic rings. The second kappa shape index (κ2) is 11.3. The molecule has 0 bridgehead atoms. The van der Waals surface area contributed by atoms with Gasteiger partial charge in [-0.15, -0.1) is 0 Å². The van der Waals surface area contributed by atoms with E-state index < -0.39 is 83.6 Å². The van der Waals surface area contributed by atoms with E-state index in [4.69, 9.17) is 33.5 Å². The number of aliphatic hydroxyl groups excluding tert-OH is 4. The van der Waals surface area contributed by atoms with E-state index in [0.29, 0.717) is 5.56 Å². The number of methoxy groups -OCH3 is 1. The number of benzene rings is 4. The number of hydrogen-bond donors (Lipinski definition) is 6. The Hall–Kier alpha value is -3.99. The molecule has 10 atom stereocenters. The van der Waals surface area contributed by atoms with E-state index in [1.807, 2.05) is 0 Å². The molecule has 248 valence electrons. The van der Waals surface area contributed by atoms with Crippen LogP contribution in [-0.2, 0) is 18.9 Å². The van der Waals surface area contributed by atoms with Gasteiger partial charge in [0.25, 0.3) is 0 Å². The number of phenols is 1. The van der Waals surface area contributed by atoms with Crippen molar-refractivity contribution >= 4 is 43.3 Å². The van der Waals surface area contributed by atoms with Gasteiger partial charge >= 0.3 is 5.63 Å². The van der Waals surface area contributed by atoms with E-state index >= 15 is 0 Å². The second-order valence-electron chi connectivity index (χ2n) is 12.2. The summed E-state index contributed by atoms with van der Waals surface area (Å²) in [7, 11) is 1.30. The van der Waals surface area contributed by atoms with Crippen LogP contribution in [0.25, 0.3) is 43.3 Å². The lowest BCUT2D eigenvalue weighted by atomic mass is 9.92. The summed E-state index contributed by atoms with van der Waals surface area (Å²) in [5.74, 6) is -0.404. The van der Waals surface area contributed by atoms with Gasteiger partial charge < -0.3 is 53.6 Å². The first-order valence-electron chi connectivity index (χ1n) is 15.0. The predicted molar refractivity (Wildman–Crippen MR) is 165 cm³/mol. The van der Waals surface area contributed by atoms with Crippen molar-refractivity contribution in [2.75, 3.05) is 7.11 Å². The number of hydrogen-bond acceptors (Lipinski definition) is 14. The van der Waals surface area contributed by atoms with Crippen LogP contribution < -0.4 is 21.1 Å². The Labute approximate surface area is 265 Å². The molecule has 0 unspecified atom stereocenters. The highest BCUT2D eigenvalue weighted by Gasteiger charge is 2.50. The van der Waals surface area contributed by atoms with E-state index in [-0.39, 0.29) is 49.0 Å². The molecular formula is C33H33NO13. The van der Waals surface area contributed by atoms with Gasteiger partial charge in [-0.25, -0.2) is 4.79 Å². The van der Waals surface area contributed by atoms with Crippen LogP contribution in [0.4, 0.5) is 0 Å². The Kier molecular flexibility index (Phi) is 7.61. The summed E-state index contributed by atoms with van der Waals surface area (Å²) in [6.45, 7) is 4.74. The van der Waals surface area contributed by atoms with Crippen LogP contribution in [0.2, 0.25) is 0 Å². The Bertz CT molecular complexity index is 2190. The first-order chi connectivity index (χ1) is 22.3. The molecule has 2 aliphatic heterocycles. The third kappa shape index (κ3) is 4.59. The van der Waals surface area contributed by atoms with Crippen molar-refractivity contribution < 1.29 is 53.6 Å². The minimum absolute atomic E-state index is 0.00235. The maximum absolute atomic E-state index is 13.4. The molecule has 6 N–H and O–H groups in total. The van der Waals surface area contributed by atoms with Gasteiger partial charge in [0.1, 0.15) is 47.4 Å². The molecule has 2 saturated heterocycles. The molecule has 0 aliphatic carbocycles. The van der Waals surface area contributed by atoms with Crippen LogP contribution in [0.1, 0.15) is 19.4 Å². The Morgan fingerprint density at radius 3 is 2.19 bits per heavy atom. The molecule has 3 heterocycles. The van der Waals surface area contributed by atoms with Crippen LogP contribution in [-0.4, -0.2) is 94.1 Å². The zero-order valence-corrected chi connectivity index (χ0v) is 25.7. The molecule has 0 spiro atoms. The molecule has 14 heteroatoms. The maximum atomic E-state index is 13.4. The summed E-state index contributed by atoms with van der Waals surface area (Å²) in [6.07, 6.45) is -13.0. The van der Waals surface area contributed by atoms with E-state index in [0.717, 1.165) is 0 Å². The predicted octanol–water partition coefficient (Wildman–Crippen LogP) is 0.694. The highest BCUT2D eigenvalue weighted by molar-refractivity contribution is 6.29. The number of aryl methyl sites for hydroxylation is 1. The Balaban J connectivity index is 1.40. The quantitative estimate of drug-likeness (QED) is 0.0877. The topological polar surface area (TPSA) is 218 Å². The van der Waals surface area contributed by atoms with Crippen molar-refractivity contribution in [1.82, 2.24) is 0 Å². The van der Waals surface area contributed by atoms with E-state index in [9.17, 15) is 35.1 Å². The molecule has 14 nitrogen and oxygen atoms in total. The van der Waals surface area contributed by atoms with Crippen molar-refractivity contribution in [2.45, 2.75) is 82.2 Å². The van der Waals surface area contributed by atoms with Gasteiger partial charge in [-0.2, -0.15) is 0 Å². The highest BCUT2D eigenvalue weighted by Crippen LogP contribution is 2.45. The smallest absolute Gasteiger partial charge is 0.344 e. The molecule has 47 heavy (non-hydrogen) atoms. The average Bonchev–Trinajstić information content (AvgIpc) is 3.04. The Morgan fingerprint density at radius 2 is 1.47 bits per heavy atom. The monoisotopic (exact) mass is 651 g/mol. The first-order valence-corrected chi connectivity index (χ1v) is 15.0. The van der Waals surface area contributed by atoms with Crippen molar-refractivity contribution in [1.29, 1.82) is 5.41 Å². The van der Waals surface area contributed by atoms with Gasteiger partial charge in [0.15, 0.2) is 18.0 Å². The van der Waals surface area contributed by atoms with Gasteiger partial charge in [0.05, 0.1) is 28.4 Å². The summed E-state index contributed by atoms with van der Waals surface area (Å²) >= 11 is 0. The lowest BCUT2D eigenvalue weighted by molar-refractivity contribution is -0.353. The van der Waals surface area contributed by atoms with Crippen molar-refractivity contribution in [3.8, 4) is 11.5 Å². The van der Waals surface area contributed by atoms with Gasteiger partial charge in [-0.1, -0.05) is 24.3 Å². The number of nitrogens with one attached hydrogen (secondary N) is 1. The molecule has 0 amide bonds. The highest BCUT2D eigenvalue weighted by atomic mass is 16.8. The van der Waals surface area contributed by atoms with Crippen LogP contribution in [0.5, 0.6) is 11.5 Å². The number of aromatic hydroxyl groups is 1. The average molecular weight is 652 g/mol. The van der Waals surface area contributed by atoms with Gasteiger partial charge in [0, 0.05) is 28.7 Å². The van der Waals surface area contributed by atoms with Crippen LogP contribution in [0.15, 0.2) is 44.3 Å². The van der Waals surface area contributed by atoms with Crippen LogP contribution >= 0.6 is 0 Å². The summed E-state index contributed by atoms with van der Waals surface area (Å²) < 4.78 is 35.0. The molecule has 7 rings (SSSR count). The standard InChI is InChI=1S/C33H33NO13/c1-10-8-9-14-18-16(10)31(41)46-28-17-13(24(37)20(19(18)28)21(34)25(14)38)6-5-7-15(17)45-33-30(26(39)22(35)11(2)44-33)47-32-27(40)29(42-4)23(36)12(3)43-32/h5-9,11-12,22-23,26-27,29-30,32-37,39-40H,1-4H3/t11-,12-,22-,23-,26-,27+,29-,30+,32+,33-/m0/s1. The van der Waals surface area contributed by atoms with Crippen LogP contribution in [0, 0.1) is 12.3 Å². The van der Waals surface area contributed by atoms with E-state index in [1.165, 1.54) is 38.3 Å². The van der Waals surface area contributed by atoms with Crippen LogP contribution in [0.3, 0.4) is 0 Å². The SMILES string of the molecule is CO[C@H]1[C@@H](O)[C@H](C)O[C@H](O[C@H]2[C@H](Oc3cccc4c(O)c5c(=N)c(=O)c6ccc(C)c7c(=O)oc(c34)c5c67)O[C@@H](C)[C@H](O)[C@@H]2O)[C@@H]1O. The zero-order valence-electron chi connectivity index (χ0n) is 25.7. The molecule has 5 aromatic rings. The Morgan fingerprint density at radius 1 is 0.766 bits per heavy atom. The maximum Gasteiger partial charge on any atom is 0.344 e. The van der Waals surface area contributed by atoms with Crippen molar-refractivity contribution in [3.05, 3.63) is 61.9 Å². The fraction of sp³-hybridized carbons (Fsp3) is 0.424. The molecule has 1 aromatic heterocycles. The largest absolute Gasteiger partial charge is 0.507 e.